The van der Waals surface area contributed by atoms with E-state index in [1.807, 2.05) is 12.1 Å². The van der Waals surface area contributed by atoms with Crippen LogP contribution in [0.15, 0.2) is 24.3 Å². The van der Waals surface area contributed by atoms with E-state index in [-0.39, 0.29) is 0 Å². The maximum Gasteiger partial charge on any atom is 0.118 e. The number of ether oxygens (including phenoxy) is 1. The van der Waals surface area contributed by atoms with Crippen molar-refractivity contribution in [1.82, 2.24) is 5.32 Å². The molecule has 0 spiro atoms. The topological polar surface area (TPSA) is 21.3 Å². The summed E-state index contributed by atoms with van der Waals surface area (Å²) in [5.74, 6) is 1.71. The molecule has 1 aromatic carbocycles. The Balaban J connectivity index is 1.67. The lowest BCUT2D eigenvalue weighted by Crippen LogP contribution is -2.26. The van der Waals surface area contributed by atoms with Gasteiger partial charge in [-0.15, -0.1) is 11.6 Å². The van der Waals surface area contributed by atoms with Gasteiger partial charge in [0, 0.05) is 12.4 Å². The van der Waals surface area contributed by atoms with Crippen LogP contribution < -0.4 is 10.1 Å². The lowest BCUT2D eigenvalue weighted by Gasteiger charge is -2.12. The Morgan fingerprint density at radius 3 is 2.53 bits per heavy atom. The quantitative estimate of drug-likeness (QED) is 0.596. The first-order valence-electron chi connectivity index (χ1n) is 6.18. The molecule has 1 fully saturated rings. The normalized spacial score (nSPS) is 16.8. The van der Waals surface area contributed by atoms with Crippen LogP contribution in [0, 0.1) is 5.41 Å². The van der Waals surface area contributed by atoms with Crippen LogP contribution >= 0.6 is 11.6 Å². The zero-order valence-corrected chi connectivity index (χ0v) is 11.1. The summed E-state index contributed by atoms with van der Waals surface area (Å²) in [6.07, 6.45) is 3.63. The molecule has 0 heterocycles. The van der Waals surface area contributed by atoms with E-state index in [1.165, 1.54) is 18.4 Å². The fourth-order valence-corrected chi connectivity index (χ4v) is 2.27. The maximum absolute atomic E-state index is 5.93. The molecule has 2 rings (SSSR count). The monoisotopic (exact) mass is 253 g/mol. The highest BCUT2D eigenvalue weighted by Crippen LogP contribution is 2.45. The summed E-state index contributed by atoms with van der Waals surface area (Å²) in [4.78, 5) is 0. The number of nitrogens with one attached hydrogen (secondary N) is 1. The van der Waals surface area contributed by atoms with Gasteiger partial charge < -0.3 is 10.1 Å². The molecule has 0 aliphatic heterocycles. The highest BCUT2D eigenvalue weighted by atomic mass is 35.5. The molecule has 0 bridgehead atoms. The largest absolute Gasteiger partial charge is 0.497 e. The molecule has 0 saturated heterocycles. The molecule has 0 atom stereocenters. The van der Waals surface area contributed by atoms with Gasteiger partial charge in [-0.05, 0) is 48.9 Å². The summed E-state index contributed by atoms with van der Waals surface area (Å²) in [6, 6.07) is 8.26. The van der Waals surface area contributed by atoms with Crippen LogP contribution in [0.5, 0.6) is 5.75 Å². The van der Waals surface area contributed by atoms with Crippen molar-refractivity contribution in [2.24, 2.45) is 5.41 Å². The Bertz CT molecular complexity index is 346. The predicted octanol–water partition coefficient (Wildman–Crippen LogP) is 2.85. The summed E-state index contributed by atoms with van der Waals surface area (Å²) in [5, 5.41) is 3.50. The minimum absolute atomic E-state index is 0.418. The van der Waals surface area contributed by atoms with Gasteiger partial charge in [-0.3, -0.25) is 0 Å². The second kappa shape index (κ2) is 5.74. The zero-order valence-electron chi connectivity index (χ0n) is 10.3. The minimum Gasteiger partial charge on any atom is -0.497 e. The molecular weight excluding hydrogens is 234 g/mol. The Labute approximate surface area is 108 Å². The molecule has 0 amide bonds. The van der Waals surface area contributed by atoms with Gasteiger partial charge in [0.05, 0.1) is 7.11 Å². The summed E-state index contributed by atoms with van der Waals surface area (Å²) in [5.41, 5.74) is 1.76. The van der Waals surface area contributed by atoms with Gasteiger partial charge in [-0.1, -0.05) is 12.1 Å². The van der Waals surface area contributed by atoms with E-state index in [4.69, 9.17) is 16.3 Å². The molecule has 0 aromatic heterocycles. The Morgan fingerprint density at radius 1 is 1.29 bits per heavy atom. The summed E-state index contributed by atoms with van der Waals surface area (Å²) in [6.45, 7) is 2.08. The number of rotatable bonds is 7. The van der Waals surface area contributed by atoms with Crippen molar-refractivity contribution in [3.05, 3.63) is 29.8 Å². The Morgan fingerprint density at radius 2 is 2.00 bits per heavy atom. The molecule has 0 unspecified atom stereocenters. The lowest BCUT2D eigenvalue weighted by molar-refractivity contribution is 0.414. The molecule has 1 aliphatic rings. The summed E-state index contributed by atoms with van der Waals surface area (Å²) >= 11 is 5.93. The van der Waals surface area contributed by atoms with E-state index in [0.717, 1.165) is 31.1 Å². The van der Waals surface area contributed by atoms with Crippen LogP contribution in [0.3, 0.4) is 0 Å². The number of halogens is 1. The van der Waals surface area contributed by atoms with Crippen molar-refractivity contribution >= 4 is 11.6 Å². The van der Waals surface area contributed by atoms with Crippen LogP contribution in [0.25, 0.3) is 0 Å². The van der Waals surface area contributed by atoms with Crippen LogP contribution in [0.1, 0.15) is 18.4 Å². The van der Waals surface area contributed by atoms with E-state index in [1.54, 1.807) is 7.11 Å². The van der Waals surface area contributed by atoms with Gasteiger partial charge in [0.1, 0.15) is 5.75 Å². The second-order valence-corrected chi connectivity index (χ2v) is 5.18. The summed E-state index contributed by atoms with van der Waals surface area (Å²) < 4.78 is 5.13. The molecule has 2 nitrogen and oxygen atoms in total. The number of alkyl halides is 1. The Kier molecular flexibility index (Phi) is 4.30. The van der Waals surface area contributed by atoms with Crippen molar-refractivity contribution in [2.75, 3.05) is 26.1 Å². The molecule has 3 heteroatoms. The fraction of sp³-hybridized carbons (Fsp3) is 0.571. The van der Waals surface area contributed by atoms with Crippen LogP contribution in [0.2, 0.25) is 0 Å². The molecule has 1 N–H and O–H groups in total. The fourth-order valence-electron chi connectivity index (χ4n) is 1.91. The zero-order chi connectivity index (χ0) is 12.1. The molecule has 1 aromatic rings. The first-order chi connectivity index (χ1) is 8.28. The molecule has 1 aliphatic carbocycles. The van der Waals surface area contributed by atoms with Gasteiger partial charge in [-0.25, -0.2) is 0 Å². The van der Waals surface area contributed by atoms with Gasteiger partial charge in [0.25, 0.3) is 0 Å². The minimum atomic E-state index is 0.418. The number of hydrogen-bond donors (Lipinski definition) is 1. The van der Waals surface area contributed by atoms with Crippen LogP contribution in [-0.4, -0.2) is 26.1 Å². The van der Waals surface area contributed by atoms with Crippen molar-refractivity contribution < 1.29 is 4.74 Å². The molecule has 0 radical (unpaired) electrons. The average molecular weight is 254 g/mol. The molecule has 94 valence electrons. The van der Waals surface area contributed by atoms with Crippen molar-refractivity contribution in [2.45, 2.75) is 19.3 Å². The lowest BCUT2D eigenvalue weighted by atomic mass is 10.1. The van der Waals surface area contributed by atoms with Crippen LogP contribution in [0.4, 0.5) is 0 Å². The third-order valence-corrected chi connectivity index (χ3v) is 4.06. The SMILES string of the molecule is COc1ccc(CCNCC2(CCl)CC2)cc1. The second-order valence-electron chi connectivity index (χ2n) is 4.91. The van der Waals surface area contributed by atoms with E-state index in [9.17, 15) is 0 Å². The van der Waals surface area contributed by atoms with Gasteiger partial charge >= 0.3 is 0 Å². The number of hydrogen-bond acceptors (Lipinski definition) is 2. The van der Waals surface area contributed by atoms with Gasteiger partial charge in [-0.2, -0.15) is 0 Å². The van der Waals surface area contributed by atoms with Crippen LogP contribution in [-0.2, 0) is 6.42 Å². The maximum atomic E-state index is 5.93. The first-order valence-corrected chi connectivity index (χ1v) is 6.71. The van der Waals surface area contributed by atoms with E-state index in [0.29, 0.717) is 5.41 Å². The van der Waals surface area contributed by atoms with Crippen molar-refractivity contribution in [3.63, 3.8) is 0 Å². The Hall–Kier alpha value is -0.730. The highest BCUT2D eigenvalue weighted by molar-refractivity contribution is 6.18. The first kappa shape index (κ1) is 12.7. The van der Waals surface area contributed by atoms with Crippen molar-refractivity contribution in [3.8, 4) is 5.75 Å². The smallest absolute Gasteiger partial charge is 0.118 e. The average Bonchev–Trinajstić information content (AvgIpc) is 3.16. The highest BCUT2D eigenvalue weighted by Gasteiger charge is 2.40. The third-order valence-electron chi connectivity index (χ3n) is 3.49. The summed E-state index contributed by atoms with van der Waals surface area (Å²) in [7, 11) is 1.69. The molecular formula is C14H20ClNO. The van der Waals surface area contributed by atoms with Crippen molar-refractivity contribution in [1.29, 1.82) is 0 Å². The van der Waals surface area contributed by atoms with E-state index in [2.05, 4.69) is 17.4 Å². The van der Waals surface area contributed by atoms with E-state index >= 15 is 0 Å². The molecule has 1 saturated carbocycles. The van der Waals surface area contributed by atoms with E-state index < -0.39 is 0 Å². The number of methoxy groups -OCH3 is 1. The van der Waals surface area contributed by atoms with Gasteiger partial charge in [0.2, 0.25) is 0 Å². The third kappa shape index (κ3) is 3.62. The molecule has 17 heavy (non-hydrogen) atoms. The van der Waals surface area contributed by atoms with Gasteiger partial charge in [0.15, 0.2) is 0 Å². The number of benzene rings is 1. The standard InChI is InChI=1S/C14H20ClNO/c1-17-13-4-2-12(3-5-13)6-9-16-11-14(10-15)7-8-14/h2-5,16H,6-11H2,1H3. The predicted molar refractivity (Wildman–Crippen MR) is 72.0 cm³/mol.